The fourth-order valence-corrected chi connectivity index (χ4v) is 5.57. The standard InChI is InChI=1S/C25H30N4O7S/c1-4-34-25-19(12-24(31)36-25)28-37(32,33)22-8-6-17(11-23(26)30)10-21(22)35-16(3)13-29-14-27-18-7-5-15(2)9-20(18)29/h5-10,14,16,19,25,28H,4,11-13H2,1-3H3,(H2,26,30)/t16-,19?,25?/m1/s1. The van der Waals surface area contributed by atoms with Crippen LogP contribution in [-0.4, -0.2) is 54.9 Å². The number of imidazole rings is 1. The highest BCUT2D eigenvalue weighted by Gasteiger charge is 2.39. The molecule has 2 aromatic carbocycles. The van der Waals surface area contributed by atoms with Crippen molar-refractivity contribution in [2.75, 3.05) is 6.61 Å². The van der Waals surface area contributed by atoms with E-state index < -0.39 is 40.3 Å². The Morgan fingerprint density at radius 2 is 2.08 bits per heavy atom. The third kappa shape index (κ3) is 6.27. The SMILES string of the molecule is CCOC1OC(=O)CC1NS(=O)(=O)c1ccc(CC(N)=O)cc1O[C@H](C)Cn1cnc2ccc(C)cc21. The Balaban J connectivity index is 1.61. The fraction of sp³-hybridized carbons (Fsp3) is 0.400. The number of benzene rings is 2. The number of nitrogens with two attached hydrogens (primary N) is 1. The second-order valence-corrected chi connectivity index (χ2v) is 10.7. The van der Waals surface area contributed by atoms with Crippen molar-refractivity contribution in [1.29, 1.82) is 0 Å². The van der Waals surface area contributed by atoms with Gasteiger partial charge in [-0.2, -0.15) is 0 Å². The number of ether oxygens (including phenoxy) is 3. The summed E-state index contributed by atoms with van der Waals surface area (Å²) in [6.07, 6.45) is -0.0338. The average molecular weight is 531 g/mol. The maximum atomic E-state index is 13.4. The van der Waals surface area contributed by atoms with Gasteiger partial charge in [0.25, 0.3) is 0 Å². The Kier molecular flexibility index (Phi) is 7.81. The van der Waals surface area contributed by atoms with E-state index in [1.165, 1.54) is 18.2 Å². The number of amides is 1. The summed E-state index contributed by atoms with van der Waals surface area (Å²) in [7, 11) is -4.16. The number of hydrogen-bond donors (Lipinski definition) is 2. The lowest BCUT2D eigenvalue weighted by Crippen LogP contribution is -2.41. The first kappa shape index (κ1) is 26.6. The van der Waals surface area contributed by atoms with Crippen molar-refractivity contribution in [3.63, 3.8) is 0 Å². The molecule has 1 amide bonds. The largest absolute Gasteiger partial charge is 0.487 e. The molecule has 1 fully saturated rings. The Bertz CT molecular complexity index is 1420. The summed E-state index contributed by atoms with van der Waals surface area (Å²) in [5.41, 5.74) is 8.70. The number of rotatable bonds is 11. The molecule has 1 saturated heterocycles. The molecule has 0 bridgehead atoms. The number of nitrogens with zero attached hydrogens (tertiary/aromatic N) is 2. The Hall–Kier alpha value is -3.48. The normalized spacial score (nSPS) is 18.6. The van der Waals surface area contributed by atoms with Crippen molar-refractivity contribution in [3.05, 3.63) is 53.9 Å². The van der Waals surface area contributed by atoms with Gasteiger partial charge in [0, 0.05) is 6.61 Å². The Morgan fingerprint density at radius 3 is 2.81 bits per heavy atom. The van der Waals surface area contributed by atoms with E-state index in [4.69, 9.17) is 19.9 Å². The van der Waals surface area contributed by atoms with Gasteiger partial charge < -0.3 is 24.5 Å². The van der Waals surface area contributed by atoms with E-state index in [-0.39, 0.29) is 30.1 Å². The lowest BCUT2D eigenvalue weighted by molar-refractivity contribution is -0.163. The molecule has 198 valence electrons. The second-order valence-electron chi connectivity index (χ2n) is 8.99. The quantitative estimate of drug-likeness (QED) is 0.356. The first-order valence-corrected chi connectivity index (χ1v) is 13.4. The van der Waals surface area contributed by atoms with Crippen molar-refractivity contribution in [2.45, 2.75) is 63.5 Å². The van der Waals surface area contributed by atoms with Crippen LogP contribution in [-0.2, 0) is 42.1 Å². The lowest BCUT2D eigenvalue weighted by atomic mass is 10.1. The zero-order valence-electron chi connectivity index (χ0n) is 20.8. The van der Waals surface area contributed by atoms with Gasteiger partial charge in [0.15, 0.2) is 0 Å². The van der Waals surface area contributed by atoms with Gasteiger partial charge in [-0.3, -0.25) is 9.59 Å². The second kappa shape index (κ2) is 10.9. The molecule has 37 heavy (non-hydrogen) atoms. The van der Waals surface area contributed by atoms with Gasteiger partial charge in [-0.15, -0.1) is 0 Å². The van der Waals surface area contributed by atoms with E-state index in [0.717, 1.165) is 16.6 Å². The highest BCUT2D eigenvalue weighted by Crippen LogP contribution is 2.29. The van der Waals surface area contributed by atoms with Crippen LogP contribution in [0.1, 0.15) is 31.4 Å². The fourth-order valence-electron chi connectivity index (χ4n) is 4.23. The van der Waals surface area contributed by atoms with E-state index >= 15 is 0 Å². The predicted octanol–water partition coefficient (Wildman–Crippen LogP) is 1.80. The average Bonchev–Trinajstić information content (AvgIpc) is 3.35. The smallest absolute Gasteiger partial charge is 0.310 e. The van der Waals surface area contributed by atoms with Crippen LogP contribution in [0.5, 0.6) is 5.75 Å². The van der Waals surface area contributed by atoms with Crippen LogP contribution >= 0.6 is 0 Å². The number of cyclic esters (lactones) is 1. The van der Waals surface area contributed by atoms with Crippen LogP contribution in [0, 0.1) is 6.92 Å². The van der Waals surface area contributed by atoms with Gasteiger partial charge in [-0.05, 0) is 56.2 Å². The minimum atomic E-state index is -4.16. The molecule has 1 aromatic heterocycles. The highest BCUT2D eigenvalue weighted by molar-refractivity contribution is 7.89. The van der Waals surface area contributed by atoms with Crippen molar-refractivity contribution < 1.29 is 32.2 Å². The van der Waals surface area contributed by atoms with Gasteiger partial charge >= 0.3 is 5.97 Å². The number of carbonyl (C=O) groups is 2. The first-order chi connectivity index (χ1) is 17.6. The summed E-state index contributed by atoms with van der Waals surface area (Å²) in [4.78, 5) is 27.5. The number of fused-ring (bicyclic) bond motifs is 1. The Labute approximate surface area is 214 Å². The number of hydrogen-bond acceptors (Lipinski definition) is 8. The summed E-state index contributed by atoms with van der Waals surface area (Å²) in [5.74, 6) is -1.07. The maximum absolute atomic E-state index is 13.4. The molecule has 0 radical (unpaired) electrons. The number of aryl methyl sites for hydroxylation is 1. The van der Waals surface area contributed by atoms with Gasteiger partial charge in [-0.1, -0.05) is 12.1 Å². The van der Waals surface area contributed by atoms with Crippen molar-refractivity contribution in [2.24, 2.45) is 5.73 Å². The summed E-state index contributed by atoms with van der Waals surface area (Å²) in [6.45, 7) is 6.15. The van der Waals surface area contributed by atoms with Crippen LogP contribution in [0.25, 0.3) is 11.0 Å². The number of sulfonamides is 1. The molecule has 1 aliphatic rings. The molecule has 0 spiro atoms. The van der Waals surface area contributed by atoms with E-state index in [1.807, 2.05) is 29.7 Å². The zero-order chi connectivity index (χ0) is 26.7. The maximum Gasteiger partial charge on any atom is 0.310 e. The summed E-state index contributed by atoms with van der Waals surface area (Å²) >= 11 is 0. The molecular weight excluding hydrogens is 500 g/mol. The van der Waals surface area contributed by atoms with Crippen LogP contribution in [0.2, 0.25) is 0 Å². The molecule has 11 nitrogen and oxygen atoms in total. The van der Waals surface area contributed by atoms with E-state index in [1.54, 1.807) is 20.2 Å². The molecule has 2 unspecified atom stereocenters. The van der Waals surface area contributed by atoms with Gasteiger partial charge in [-0.25, -0.2) is 18.1 Å². The molecule has 3 aromatic rings. The van der Waals surface area contributed by atoms with Crippen LogP contribution < -0.4 is 15.2 Å². The van der Waals surface area contributed by atoms with Crippen molar-refractivity contribution >= 4 is 32.9 Å². The lowest BCUT2D eigenvalue weighted by Gasteiger charge is -2.22. The summed E-state index contributed by atoms with van der Waals surface area (Å²) in [6, 6.07) is 9.38. The topological polar surface area (TPSA) is 152 Å². The molecule has 3 atom stereocenters. The summed E-state index contributed by atoms with van der Waals surface area (Å²) < 4.78 is 47.8. The number of nitrogens with one attached hydrogen (secondary N) is 1. The molecule has 4 rings (SSSR count). The van der Waals surface area contributed by atoms with Crippen LogP contribution in [0.3, 0.4) is 0 Å². The molecule has 2 heterocycles. The first-order valence-electron chi connectivity index (χ1n) is 11.9. The summed E-state index contributed by atoms with van der Waals surface area (Å²) in [5, 5.41) is 0. The third-order valence-electron chi connectivity index (χ3n) is 5.83. The van der Waals surface area contributed by atoms with Crippen molar-refractivity contribution in [1.82, 2.24) is 14.3 Å². The number of aromatic nitrogens is 2. The minimum absolute atomic E-state index is 0.0533. The zero-order valence-corrected chi connectivity index (χ0v) is 21.7. The van der Waals surface area contributed by atoms with E-state index in [9.17, 15) is 18.0 Å². The Morgan fingerprint density at radius 1 is 1.30 bits per heavy atom. The molecule has 0 aliphatic carbocycles. The number of primary amides is 1. The number of carbonyl (C=O) groups excluding carboxylic acids is 2. The number of esters is 1. The monoisotopic (exact) mass is 530 g/mol. The van der Waals surface area contributed by atoms with E-state index in [2.05, 4.69) is 9.71 Å². The van der Waals surface area contributed by atoms with Crippen LogP contribution in [0.4, 0.5) is 0 Å². The predicted molar refractivity (Wildman–Crippen MR) is 134 cm³/mol. The molecule has 1 aliphatic heterocycles. The molecule has 0 saturated carbocycles. The molecule has 3 N–H and O–H groups in total. The molecular formula is C25H30N4O7S. The van der Waals surface area contributed by atoms with E-state index in [0.29, 0.717) is 12.1 Å². The van der Waals surface area contributed by atoms with Gasteiger partial charge in [0.2, 0.25) is 22.2 Å². The molecule has 12 heteroatoms. The van der Waals surface area contributed by atoms with Crippen LogP contribution in [0.15, 0.2) is 47.6 Å². The van der Waals surface area contributed by atoms with Gasteiger partial charge in [0.1, 0.15) is 16.7 Å². The van der Waals surface area contributed by atoms with Crippen molar-refractivity contribution in [3.8, 4) is 5.75 Å². The third-order valence-corrected chi connectivity index (χ3v) is 7.36. The highest BCUT2D eigenvalue weighted by atomic mass is 32.2. The minimum Gasteiger partial charge on any atom is -0.487 e. The van der Waals surface area contributed by atoms with Gasteiger partial charge in [0.05, 0.1) is 42.8 Å².